The molecule has 1 aromatic rings. The lowest BCUT2D eigenvalue weighted by atomic mass is 9.83. The molecule has 25 heavy (non-hydrogen) atoms. The van der Waals surface area contributed by atoms with Gasteiger partial charge in [-0.3, -0.25) is 14.3 Å². The summed E-state index contributed by atoms with van der Waals surface area (Å²) in [5.74, 6) is 0.0640. The third kappa shape index (κ3) is 3.84. The van der Waals surface area contributed by atoms with Gasteiger partial charge in [-0.25, -0.2) is 4.79 Å². The van der Waals surface area contributed by atoms with Crippen molar-refractivity contribution in [3.05, 3.63) is 44.8 Å². The second-order valence-electron chi connectivity index (χ2n) is 6.59. The van der Waals surface area contributed by atoms with Crippen LogP contribution in [-0.2, 0) is 9.47 Å². The Bertz CT molecular complexity index is 774. The van der Waals surface area contributed by atoms with Crippen LogP contribution >= 0.6 is 0 Å². The zero-order chi connectivity index (χ0) is 18.0. The number of hydrogen-bond donors (Lipinski definition) is 1. The number of aryl methyl sites for hydroxylation is 1. The molecule has 1 unspecified atom stereocenters. The van der Waals surface area contributed by atoms with Gasteiger partial charge in [0.1, 0.15) is 0 Å². The molecule has 0 saturated heterocycles. The number of H-pyrrole nitrogens is 1. The summed E-state index contributed by atoms with van der Waals surface area (Å²) in [4.78, 5) is 36.7. The zero-order valence-corrected chi connectivity index (χ0v) is 14.0. The molecule has 1 aliphatic carbocycles. The molecule has 136 valence electrons. The number of carbonyl (C=O) groups is 1. The van der Waals surface area contributed by atoms with Gasteiger partial charge in [0.05, 0.1) is 12.2 Å². The summed E-state index contributed by atoms with van der Waals surface area (Å²) in [5.41, 5.74) is -0.643. The molecule has 1 aromatic heterocycles. The van der Waals surface area contributed by atoms with Gasteiger partial charge >= 0.3 is 5.69 Å². The number of nitrogens with one attached hydrogen (secondary N) is 1. The summed E-state index contributed by atoms with van der Waals surface area (Å²) in [7, 11) is 0. The van der Waals surface area contributed by atoms with Crippen LogP contribution in [0.1, 0.15) is 43.9 Å². The maximum absolute atomic E-state index is 12.0. The maximum Gasteiger partial charge on any atom is 0.330 e. The molecule has 8 nitrogen and oxygen atoms in total. The SMILES string of the molecule is Cc1cn([C@H]2C=C[C@@H](C(OC(=O)[O-])C3CCCCC3)O2)c(=O)[nH]c1=O. The van der Waals surface area contributed by atoms with E-state index in [0.717, 1.165) is 32.1 Å². The zero-order valence-electron chi connectivity index (χ0n) is 14.0. The largest absolute Gasteiger partial charge is 0.543 e. The van der Waals surface area contributed by atoms with E-state index >= 15 is 0 Å². The van der Waals surface area contributed by atoms with Gasteiger partial charge in [0.2, 0.25) is 0 Å². The van der Waals surface area contributed by atoms with Crippen molar-refractivity contribution >= 4 is 6.16 Å². The van der Waals surface area contributed by atoms with E-state index in [4.69, 9.17) is 9.47 Å². The quantitative estimate of drug-likeness (QED) is 0.629. The van der Waals surface area contributed by atoms with Crippen LogP contribution in [0.2, 0.25) is 0 Å². The van der Waals surface area contributed by atoms with Gasteiger partial charge in [-0.05, 0) is 31.8 Å². The minimum Gasteiger partial charge on any atom is -0.543 e. The van der Waals surface area contributed by atoms with E-state index in [2.05, 4.69) is 4.98 Å². The Morgan fingerprint density at radius 2 is 2.04 bits per heavy atom. The van der Waals surface area contributed by atoms with E-state index in [1.807, 2.05) is 0 Å². The Morgan fingerprint density at radius 1 is 1.32 bits per heavy atom. The van der Waals surface area contributed by atoms with Crippen LogP contribution in [0.25, 0.3) is 0 Å². The van der Waals surface area contributed by atoms with Crippen LogP contribution in [-0.4, -0.2) is 27.9 Å². The smallest absolute Gasteiger partial charge is 0.330 e. The fourth-order valence-electron chi connectivity index (χ4n) is 3.58. The molecule has 1 fully saturated rings. The van der Waals surface area contributed by atoms with E-state index in [9.17, 15) is 19.5 Å². The number of carboxylic acid groups (broad SMARTS) is 1. The Morgan fingerprint density at radius 3 is 2.72 bits per heavy atom. The molecule has 3 atom stereocenters. The highest BCUT2D eigenvalue weighted by Gasteiger charge is 2.34. The third-order valence-corrected chi connectivity index (χ3v) is 4.85. The summed E-state index contributed by atoms with van der Waals surface area (Å²) in [6.45, 7) is 1.59. The van der Waals surface area contributed by atoms with Crippen molar-refractivity contribution < 1.29 is 19.4 Å². The predicted molar refractivity (Wildman–Crippen MR) is 86.0 cm³/mol. The maximum atomic E-state index is 12.0. The second-order valence-corrected chi connectivity index (χ2v) is 6.59. The summed E-state index contributed by atoms with van der Waals surface area (Å²) in [5, 5.41) is 11.0. The van der Waals surface area contributed by atoms with Crippen molar-refractivity contribution in [2.75, 3.05) is 0 Å². The molecule has 1 saturated carbocycles. The topological polar surface area (TPSA) is 113 Å². The fourth-order valence-corrected chi connectivity index (χ4v) is 3.58. The Labute approximate surface area is 144 Å². The summed E-state index contributed by atoms with van der Waals surface area (Å²) in [6.07, 6.45) is 6.17. The standard InChI is InChI=1S/C17H22N2O6/c1-10-9-19(16(21)18-15(10)20)13-8-7-12(24-13)14(25-17(22)23)11-5-3-2-4-6-11/h7-9,11-14H,2-6H2,1H3,(H,22,23)(H,18,20,21)/p-1/t12-,13+,14?/m0/s1. The number of nitrogens with zero attached hydrogens (tertiary/aromatic N) is 1. The van der Waals surface area contributed by atoms with Crippen molar-refractivity contribution in [2.24, 2.45) is 5.92 Å². The molecule has 2 heterocycles. The van der Waals surface area contributed by atoms with E-state index in [1.54, 1.807) is 19.1 Å². The Hall–Kier alpha value is -2.35. The second kappa shape index (κ2) is 7.26. The van der Waals surface area contributed by atoms with Gasteiger partial charge in [-0.15, -0.1) is 0 Å². The first-order chi connectivity index (χ1) is 12.0. The van der Waals surface area contributed by atoms with Crippen LogP contribution in [0.4, 0.5) is 4.79 Å². The minimum absolute atomic E-state index is 0.0640. The van der Waals surface area contributed by atoms with Crippen molar-refractivity contribution in [2.45, 2.75) is 57.5 Å². The highest BCUT2D eigenvalue weighted by atomic mass is 16.7. The number of carbonyl (C=O) groups excluding carboxylic acids is 1. The number of aromatic amines is 1. The van der Waals surface area contributed by atoms with E-state index < -0.39 is 35.8 Å². The molecule has 0 aromatic carbocycles. The average Bonchev–Trinajstić information content (AvgIpc) is 3.06. The van der Waals surface area contributed by atoms with Gasteiger partial charge < -0.3 is 19.4 Å². The summed E-state index contributed by atoms with van der Waals surface area (Å²) >= 11 is 0. The highest BCUT2D eigenvalue weighted by Crippen LogP contribution is 2.34. The Balaban J connectivity index is 1.79. The van der Waals surface area contributed by atoms with Crippen LogP contribution in [0.5, 0.6) is 0 Å². The van der Waals surface area contributed by atoms with Crippen molar-refractivity contribution in [3.8, 4) is 0 Å². The first-order valence-electron chi connectivity index (χ1n) is 8.49. The number of rotatable bonds is 4. The third-order valence-electron chi connectivity index (χ3n) is 4.85. The lowest BCUT2D eigenvalue weighted by molar-refractivity contribution is -0.293. The predicted octanol–water partition coefficient (Wildman–Crippen LogP) is 0.607. The Kier molecular flexibility index (Phi) is 5.08. The molecular formula is C17H21N2O6-. The molecule has 8 heteroatoms. The van der Waals surface area contributed by atoms with Crippen molar-refractivity contribution in [1.29, 1.82) is 0 Å². The normalized spacial score (nSPS) is 25.0. The lowest BCUT2D eigenvalue weighted by Gasteiger charge is -2.36. The molecule has 0 spiro atoms. The average molecular weight is 349 g/mol. The monoisotopic (exact) mass is 349 g/mol. The van der Waals surface area contributed by atoms with Gasteiger partial charge in [-0.2, -0.15) is 0 Å². The fraction of sp³-hybridized carbons (Fsp3) is 0.588. The number of aromatic nitrogens is 2. The van der Waals surface area contributed by atoms with E-state index in [1.165, 1.54) is 10.8 Å². The lowest BCUT2D eigenvalue weighted by Crippen LogP contribution is -2.42. The molecule has 0 amide bonds. The molecular weight excluding hydrogens is 328 g/mol. The van der Waals surface area contributed by atoms with Crippen LogP contribution in [0.3, 0.4) is 0 Å². The van der Waals surface area contributed by atoms with E-state index in [0.29, 0.717) is 5.56 Å². The van der Waals surface area contributed by atoms with Crippen LogP contribution in [0.15, 0.2) is 27.9 Å². The van der Waals surface area contributed by atoms with Gasteiger partial charge in [0, 0.05) is 11.8 Å². The summed E-state index contributed by atoms with van der Waals surface area (Å²) < 4.78 is 12.1. The van der Waals surface area contributed by atoms with Crippen molar-refractivity contribution in [1.82, 2.24) is 9.55 Å². The molecule has 1 N–H and O–H groups in total. The number of hydrogen-bond acceptors (Lipinski definition) is 6. The molecule has 0 radical (unpaired) electrons. The first-order valence-corrected chi connectivity index (χ1v) is 8.49. The summed E-state index contributed by atoms with van der Waals surface area (Å²) in [6, 6.07) is 0. The number of ether oxygens (including phenoxy) is 2. The van der Waals surface area contributed by atoms with Gasteiger partial charge in [-0.1, -0.05) is 25.3 Å². The van der Waals surface area contributed by atoms with Crippen LogP contribution < -0.4 is 16.4 Å². The van der Waals surface area contributed by atoms with Crippen molar-refractivity contribution in [3.63, 3.8) is 0 Å². The van der Waals surface area contributed by atoms with Gasteiger partial charge in [0.25, 0.3) is 11.7 Å². The molecule has 0 bridgehead atoms. The van der Waals surface area contributed by atoms with Gasteiger partial charge in [0.15, 0.2) is 6.23 Å². The van der Waals surface area contributed by atoms with Crippen LogP contribution in [0, 0.1) is 12.8 Å². The first kappa shape index (κ1) is 17.5. The van der Waals surface area contributed by atoms with E-state index in [-0.39, 0.29) is 5.92 Å². The minimum atomic E-state index is -1.58. The molecule has 3 rings (SSSR count). The highest BCUT2D eigenvalue weighted by molar-refractivity contribution is 5.54. The molecule has 1 aliphatic heterocycles. The molecule has 2 aliphatic rings.